The third kappa shape index (κ3) is 10.0. The van der Waals surface area contributed by atoms with Crippen LogP contribution >= 0.6 is 0 Å². The van der Waals surface area contributed by atoms with E-state index in [4.69, 9.17) is 4.74 Å². The Morgan fingerprint density at radius 1 is 1.27 bits per heavy atom. The van der Waals surface area contributed by atoms with Crippen LogP contribution in [-0.4, -0.2) is 31.5 Å². The van der Waals surface area contributed by atoms with Crippen LogP contribution in [0.2, 0.25) is 0 Å². The standard InChI is InChI=1S/C10H20F3NO/c1-4-5-9(6-14-8(2)3)15-7-10(11,12)13/h8-9,14H,4-7H2,1-3H3. The maximum absolute atomic E-state index is 11.9. The molecule has 0 aromatic carbocycles. The van der Waals surface area contributed by atoms with Gasteiger partial charge in [0.25, 0.3) is 0 Å². The summed E-state index contributed by atoms with van der Waals surface area (Å²) in [5.74, 6) is 0. The number of ether oxygens (including phenoxy) is 1. The van der Waals surface area contributed by atoms with Crippen LogP contribution in [0.15, 0.2) is 0 Å². The molecule has 15 heavy (non-hydrogen) atoms. The van der Waals surface area contributed by atoms with Crippen molar-refractivity contribution in [2.75, 3.05) is 13.2 Å². The summed E-state index contributed by atoms with van der Waals surface area (Å²) in [6, 6.07) is 0.263. The highest BCUT2D eigenvalue weighted by Gasteiger charge is 2.29. The molecule has 2 nitrogen and oxygen atoms in total. The lowest BCUT2D eigenvalue weighted by Crippen LogP contribution is -2.35. The summed E-state index contributed by atoms with van der Waals surface area (Å²) < 4.78 is 40.5. The van der Waals surface area contributed by atoms with Gasteiger partial charge in [-0.2, -0.15) is 13.2 Å². The minimum absolute atomic E-state index is 0.263. The van der Waals surface area contributed by atoms with Gasteiger partial charge in [0.2, 0.25) is 0 Å². The van der Waals surface area contributed by atoms with E-state index in [0.717, 1.165) is 6.42 Å². The third-order valence-corrected chi connectivity index (χ3v) is 1.85. The SMILES string of the molecule is CCCC(CNC(C)C)OCC(F)(F)F. The van der Waals surface area contributed by atoms with Crippen LogP contribution in [0.5, 0.6) is 0 Å². The highest BCUT2D eigenvalue weighted by Crippen LogP contribution is 2.16. The van der Waals surface area contributed by atoms with Crippen LogP contribution in [-0.2, 0) is 4.74 Å². The predicted octanol–water partition coefficient (Wildman–Crippen LogP) is 2.73. The van der Waals surface area contributed by atoms with Gasteiger partial charge in [0.05, 0.1) is 6.10 Å². The summed E-state index contributed by atoms with van der Waals surface area (Å²) >= 11 is 0. The van der Waals surface area contributed by atoms with E-state index in [1.165, 1.54) is 0 Å². The molecule has 1 unspecified atom stereocenters. The molecule has 0 rings (SSSR count). The van der Waals surface area contributed by atoms with Crippen molar-refractivity contribution in [1.29, 1.82) is 0 Å². The average molecular weight is 227 g/mol. The number of hydrogen-bond acceptors (Lipinski definition) is 2. The van der Waals surface area contributed by atoms with Crippen molar-refractivity contribution in [3.63, 3.8) is 0 Å². The molecule has 0 heterocycles. The molecule has 1 atom stereocenters. The minimum Gasteiger partial charge on any atom is -0.367 e. The van der Waals surface area contributed by atoms with Gasteiger partial charge in [0, 0.05) is 12.6 Å². The van der Waals surface area contributed by atoms with Crippen LogP contribution in [0, 0.1) is 0 Å². The number of hydrogen-bond donors (Lipinski definition) is 1. The fraction of sp³-hybridized carbons (Fsp3) is 1.00. The molecule has 0 aliphatic heterocycles. The van der Waals surface area contributed by atoms with Gasteiger partial charge >= 0.3 is 6.18 Å². The molecule has 0 fully saturated rings. The normalized spacial score (nSPS) is 14.6. The van der Waals surface area contributed by atoms with E-state index in [0.29, 0.717) is 13.0 Å². The Bertz CT molecular complexity index is 159. The highest BCUT2D eigenvalue weighted by atomic mass is 19.4. The van der Waals surface area contributed by atoms with Crippen LogP contribution in [0.1, 0.15) is 33.6 Å². The van der Waals surface area contributed by atoms with Gasteiger partial charge in [0.1, 0.15) is 6.61 Å². The number of alkyl halides is 3. The summed E-state index contributed by atoms with van der Waals surface area (Å²) in [6.45, 7) is 5.15. The monoisotopic (exact) mass is 227 g/mol. The molecule has 0 radical (unpaired) electrons. The zero-order valence-electron chi connectivity index (χ0n) is 9.53. The van der Waals surface area contributed by atoms with Gasteiger partial charge in [0.15, 0.2) is 0 Å². The van der Waals surface area contributed by atoms with E-state index >= 15 is 0 Å². The zero-order chi connectivity index (χ0) is 11.9. The van der Waals surface area contributed by atoms with Gasteiger partial charge in [-0.15, -0.1) is 0 Å². The van der Waals surface area contributed by atoms with Crippen LogP contribution in [0.4, 0.5) is 13.2 Å². The van der Waals surface area contributed by atoms with Gasteiger partial charge in [-0.1, -0.05) is 27.2 Å². The fourth-order valence-electron chi connectivity index (χ4n) is 1.15. The van der Waals surface area contributed by atoms with E-state index in [1.807, 2.05) is 20.8 Å². The van der Waals surface area contributed by atoms with Crippen molar-refractivity contribution in [1.82, 2.24) is 5.32 Å². The topological polar surface area (TPSA) is 21.3 Å². The van der Waals surface area contributed by atoms with Crippen LogP contribution in [0.3, 0.4) is 0 Å². The predicted molar refractivity (Wildman–Crippen MR) is 53.8 cm³/mol. The number of halogens is 3. The molecule has 5 heteroatoms. The van der Waals surface area contributed by atoms with Crippen molar-refractivity contribution in [2.24, 2.45) is 0 Å². The molecular weight excluding hydrogens is 207 g/mol. The Morgan fingerprint density at radius 2 is 1.87 bits per heavy atom. The molecule has 0 saturated carbocycles. The minimum atomic E-state index is -4.23. The molecule has 0 aromatic heterocycles. The van der Waals surface area contributed by atoms with Gasteiger partial charge in [-0.05, 0) is 6.42 Å². The Kier molecular flexibility index (Phi) is 6.92. The largest absolute Gasteiger partial charge is 0.411 e. The molecular formula is C10H20F3NO. The Labute approximate surface area is 89.2 Å². The number of rotatable bonds is 7. The smallest absolute Gasteiger partial charge is 0.367 e. The first kappa shape index (κ1) is 14.7. The van der Waals surface area contributed by atoms with E-state index < -0.39 is 12.8 Å². The molecule has 0 bridgehead atoms. The lowest BCUT2D eigenvalue weighted by Gasteiger charge is -2.20. The van der Waals surface area contributed by atoms with Crippen molar-refractivity contribution in [2.45, 2.75) is 51.9 Å². The maximum Gasteiger partial charge on any atom is 0.411 e. The summed E-state index contributed by atoms with van der Waals surface area (Å²) in [5, 5.41) is 3.07. The lowest BCUT2D eigenvalue weighted by atomic mass is 10.2. The third-order valence-electron chi connectivity index (χ3n) is 1.85. The molecule has 0 amide bonds. The molecule has 0 saturated heterocycles. The Balaban J connectivity index is 3.82. The molecule has 92 valence electrons. The van der Waals surface area contributed by atoms with Gasteiger partial charge in [-0.25, -0.2) is 0 Å². The van der Waals surface area contributed by atoms with E-state index in [2.05, 4.69) is 5.32 Å². The molecule has 1 N–H and O–H groups in total. The van der Waals surface area contributed by atoms with Crippen molar-refractivity contribution in [3.8, 4) is 0 Å². The first-order valence-corrected chi connectivity index (χ1v) is 5.27. The first-order valence-electron chi connectivity index (χ1n) is 5.27. The molecule has 0 aliphatic rings. The van der Waals surface area contributed by atoms with E-state index in [1.54, 1.807) is 0 Å². The van der Waals surface area contributed by atoms with Crippen LogP contribution in [0.25, 0.3) is 0 Å². The molecule has 0 aliphatic carbocycles. The summed E-state index contributed by atoms with van der Waals surface area (Å²) in [4.78, 5) is 0. The van der Waals surface area contributed by atoms with Gasteiger partial charge < -0.3 is 10.1 Å². The second-order valence-corrected chi connectivity index (χ2v) is 3.90. The second kappa shape index (κ2) is 7.06. The van der Waals surface area contributed by atoms with Gasteiger partial charge in [-0.3, -0.25) is 0 Å². The van der Waals surface area contributed by atoms with E-state index in [-0.39, 0.29) is 12.1 Å². The Morgan fingerprint density at radius 3 is 2.27 bits per heavy atom. The zero-order valence-corrected chi connectivity index (χ0v) is 9.53. The second-order valence-electron chi connectivity index (χ2n) is 3.90. The lowest BCUT2D eigenvalue weighted by molar-refractivity contribution is -0.185. The summed E-state index contributed by atoms with van der Waals surface area (Å²) in [7, 11) is 0. The average Bonchev–Trinajstić information content (AvgIpc) is 2.08. The van der Waals surface area contributed by atoms with Crippen molar-refractivity contribution in [3.05, 3.63) is 0 Å². The highest BCUT2D eigenvalue weighted by molar-refractivity contribution is 4.64. The first-order chi connectivity index (χ1) is 6.85. The Hall–Kier alpha value is -0.290. The number of nitrogens with one attached hydrogen (secondary N) is 1. The molecule has 0 aromatic rings. The summed E-state index contributed by atoms with van der Waals surface area (Å²) in [5.41, 5.74) is 0. The quantitative estimate of drug-likeness (QED) is 0.722. The summed E-state index contributed by atoms with van der Waals surface area (Å²) in [6.07, 6.45) is -3.11. The fourth-order valence-corrected chi connectivity index (χ4v) is 1.15. The maximum atomic E-state index is 11.9. The van der Waals surface area contributed by atoms with Crippen molar-refractivity contribution >= 4 is 0 Å². The van der Waals surface area contributed by atoms with Crippen molar-refractivity contribution < 1.29 is 17.9 Å². The molecule has 0 spiro atoms. The van der Waals surface area contributed by atoms with Crippen LogP contribution < -0.4 is 5.32 Å². The van der Waals surface area contributed by atoms with E-state index in [9.17, 15) is 13.2 Å².